The van der Waals surface area contributed by atoms with Crippen LogP contribution in [0.2, 0.25) is 0 Å². The van der Waals surface area contributed by atoms with Crippen molar-refractivity contribution in [3.63, 3.8) is 0 Å². The third-order valence-corrected chi connectivity index (χ3v) is 9.98. The van der Waals surface area contributed by atoms with Crippen molar-refractivity contribution in [1.82, 2.24) is 20.1 Å². The summed E-state index contributed by atoms with van der Waals surface area (Å²) in [5, 5.41) is 5.44. The van der Waals surface area contributed by atoms with Gasteiger partial charge in [-0.2, -0.15) is 0 Å². The van der Waals surface area contributed by atoms with Crippen LogP contribution in [0.3, 0.4) is 0 Å². The first-order valence-corrected chi connectivity index (χ1v) is 16.8. The Hall–Kier alpha value is -2.66. The Labute approximate surface area is 259 Å². The highest BCUT2D eigenvalue weighted by atomic mass is 32.1. The molecule has 0 bridgehead atoms. The van der Waals surface area contributed by atoms with Gasteiger partial charge < -0.3 is 24.5 Å². The van der Waals surface area contributed by atoms with E-state index in [1.165, 1.54) is 41.7 Å². The minimum atomic E-state index is -0.270. The van der Waals surface area contributed by atoms with Gasteiger partial charge in [0, 0.05) is 31.6 Å². The number of rotatable bonds is 12. The Morgan fingerprint density at radius 2 is 1.98 bits per heavy atom. The van der Waals surface area contributed by atoms with Gasteiger partial charge >= 0.3 is 0 Å². The second kappa shape index (κ2) is 15.4. The number of aldehydes is 1. The number of aryl methyl sites for hydroxylation is 1. The molecule has 1 atom stereocenters. The number of nitrogens with zero attached hydrogens (tertiary/aromatic N) is 3. The van der Waals surface area contributed by atoms with Crippen LogP contribution in [0, 0.1) is 12.8 Å². The molecule has 0 radical (unpaired) electrons. The molecule has 2 aromatic rings. The van der Waals surface area contributed by atoms with Crippen LogP contribution in [0.15, 0.2) is 29.6 Å². The Kier molecular flexibility index (Phi) is 11.3. The number of aromatic nitrogens is 1. The van der Waals surface area contributed by atoms with Crippen molar-refractivity contribution in [2.45, 2.75) is 83.0 Å². The van der Waals surface area contributed by atoms with E-state index < -0.39 is 0 Å². The predicted octanol–water partition coefficient (Wildman–Crippen LogP) is 4.17. The summed E-state index contributed by atoms with van der Waals surface area (Å²) < 4.78 is 12.6. The van der Waals surface area contributed by atoms with E-state index in [9.17, 15) is 14.4 Å². The molecule has 3 aliphatic rings. The monoisotopic (exact) mass is 610 g/mol. The number of benzene rings is 1. The van der Waals surface area contributed by atoms with Gasteiger partial charge in [-0.1, -0.05) is 43.5 Å². The molecule has 3 fully saturated rings. The Morgan fingerprint density at radius 3 is 2.72 bits per heavy atom. The minimum Gasteiger partial charge on any atom is -0.377 e. The van der Waals surface area contributed by atoms with E-state index in [-0.39, 0.29) is 30.1 Å². The average molecular weight is 611 g/mol. The van der Waals surface area contributed by atoms with Crippen molar-refractivity contribution >= 4 is 29.4 Å². The van der Waals surface area contributed by atoms with Gasteiger partial charge in [0.1, 0.15) is 12.0 Å². The summed E-state index contributed by atoms with van der Waals surface area (Å²) in [6.07, 6.45) is 9.37. The maximum atomic E-state index is 13.0. The van der Waals surface area contributed by atoms with Crippen molar-refractivity contribution in [3.05, 3.63) is 51.5 Å². The van der Waals surface area contributed by atoms with E-state index in [1.54, 1.807) is 0 Å². The van der Waals surface area contributed by atoms with Gasteiger partial charge in [-0.05, 0) is 56.1 Å². The van der Waals surface area contributed by atoms with Gasteiger partial charge in [-0.25, -0.2) is 4.98 Å². The fourth-order valence-electron chi connectivity index (χ4n) is 6.81. The maximum Gasteiger partial charge on any atom is 0.273 e. The van der Waals surface area contributed by atoms with Crippen LogP contribution >= 0.6 is 11.3 Å². The normalized spacial score (nSPS) is 20.2. The van der Waals surface area contributed by atoms with Crippen molar-refractivity contribution in [2.24, 2.45) is 5.92 Å². The summed E-state index contributed by atoms with van der Waals surface area (Å²) in [7, 11) is 0. The van der Waals surface area contributed by atoms with Crippen molar-refractivity contribution in [2.75, 3.05) is 45.9 Å². The van der Waals surface area contributed by atoms with Crippen LogP contribution in [0.25, 0.3) is 0 Å². The molecule has 2 aliphatic heterocycles. The summed E-state index contributed by atoms with van der Waals surface area (Å²) >= 11 is 1.51. The number of hydrogen-bond acceptors (Lipinski definition) is 8. The largest absolute Gasteiger partial charge is 0.377 e. The number of likely N-dealkylation sites (tertiary alicyclic amines) is 1. The number of carbonyl (C=O) groups excluding carboxylic acids is 3. The molecule has 1 aliphatic carbocycles. The number of carbonyl (C=O) groups is 3. The first-order valence-electron chi connectivity index (χ1n) is 15.9. The quantitative estimate of drug-likeness (QED) is 0.360. The highest BCUT2D eigenvalue weighted by Gasteiger charge is 2.41. The molecular formula is C33H46N4O5S. The summed E-state index contributed by atoms with van der Waals surface area (Å²) in [5.74, 6) is 0.307. The zero-order chi connectivity index (χ0) is 30.1. The molecule has 2 amide bonds. The van der Waals surface area contributed by atoms with E-state index in [4.69, 9.17) is 9.47 Å². The van der Waals surface area contributed by atoms with Crippen LogP contribution in [0.1, 0.15) is 78.0 Å². The van der Waals surface area contributed by atoms with E-state index in [1.807, 2.05) is 17.2 Å². The second-order valence-corrected chi connectivity index (χ2v) is 13.4. The molecule has 2 saturated heterocycles. The van der Waals surface area contributed by atoms with Crippen LogP contribution in [0.4, 0.5) is 0 Å². The number of nitrogens with one attached hydrogen (secondary N) is 1. The molecule has 1 unspecified atom stereocenters. The summed E-state index contributed by atoms with van der Waals surface area (Å²) in [6.45, 7) is 7.12. The lowest BCUT2D eigenvalue weighted by molar-refractivity contribution is -0.128. The number of hydrogen-bond donors (Lipinski definition) is 1. The Bertz CT molecular complexity index is 1220. The third kappa shape index (κ3) is 8.94. The standard InChI is InChI=1S/C33H46N4O5S/c1-25-35-29(23-43-25)32(40)37-16-19-42-33(24-37)11-14-36(15-12-33)22-27-7-5-6-26(20-27)10-18-41-30(21-31(39)34-13-17-38)28-8-3-2-4-9-28/h5-7,17,20,23,28,30H,2-4,8-16,18-19,21-22,24H2,1H3,(H,34,39). The number of amides is 2. The molecule has 9 nitrogen and oxygen atoms in total. The van der Waals surface area contributed by atoms with Crippen molar-refractivity contribution in [3.8, 4) is 0 Å². The van der Waals surface area contributed by atoms with Gasteiger partial charge in [0.15, 0.2) is 0 Å². The first kappa shape index (κ1) is 31.8. The van der Waals surface area contributed by atoms with Gasteiger partial charge in [0.2, 0.25) is 5.91 Å². The molecule has 10 heteroatoms. The lowest BCUT2D eigenvalue weighted by atomic mass is 9.84. The molecule has 1 aromatic carbocycles. The molecule has 1 aromatic heterocycles. The smallest absolute Gasteiger partial charge is 0.273 e. The zero-order valence-corrected chi connectivity index (χ0v) is 26.2. The highest BCUT2D eigenvalue weighted by Crippen LogP contribution is 2.32. The van der Waals surface area contributed by atoms with E-state index in [2.05, 4.69) is 39.5 Å². The lowest BCUT2D eigenvalue weighted by Gasteiger charge is -2.47. The number of piperidine rings is 1. The molecule has 3 heterocycles. The van der Waals surface area contributed by atoms with Crippen LogP contribution < -0.4 is 5.32 Å². The number of thiazole rings is 1. The van der Waals surface area contributed by atoms with Crippen LogP contribution in [-0.4, -0.2) is 90.5 Å². The van der Waals surface area contributed by atoms with Crippen LogP contribution in [0.5, 0.6) is 0 Å². The molecule has 1 spiro atoms. The Balaban J connectivity index is 1.09. The zero-order valence-electron chi connectivity index (χ0n) is 25.4. The molecule has 5 rings (SSSR count). The van der Waals surface area contributed by atoms with Gasteiger partial charge in [-0.15, -0.1) is 11.3 Å². The molecule has 43 heavy (non-hydrogen) atoms. The number of morpholine rings is 1. The Morgan fingerprint density at radius 1 is 1.19 bits per heavy atom. The fourth-order valence-corrected chi connectivity index (χ4v) is 7.40. The van der Waals surface area contributed by atoms with E-state index in [0.717, 1.165) is 56.7 Å². The molecular weight excluding hydrogens is 564 g/mol. The molecule has 234 valence electrons. The third-order valence-electron chi connectivity index (χ3n) is 9.21. The molecule has 1 N–H and O–H groups in total. The topological polar surface area (TPSA) is 101 Å². The van der Waals surface area contributed by atoms with Crippen molar-refractivity contribution in [1.29, 1.82) is 0 Å². The second-order valence-electron chi connectivity index (χ2n) is 12.3. The van der Waals surface area contributed by atoms with Crippen molar-refractivity contribution < 1.29 is 23.9 Å². The maximum absolute atomic E-state index is 13.0. The summed E-state index contributed by atoms with van der Waals surface area (Å²) in [6, 6.07) is 8.73. The first-order chi connectivity index (χ1) is 20.9. The molecule has 1 saturated carbocycles. The van der Waals surface area contributed by atoms with Gasteiger partial charge in [0.25, 0.3) is 5.91 Å². The summed E-state index contributed by atoms with van der Waals surface area (Å²) in [5.41, 5.74) is 2.80. The number of ether oxygens (including phenoxy) is 2. The lowest BCUT2D eigenvalue weighted by Crippen LogP contribution is -2.58. The van der Waals surface area contributed by atoms with Gasteiger partial charge in [-0.3, -0.25) is 14.5 Å². The van der Waals surface area contributed by atoms with E-state index >= 15 is 0 Å². The van der Waals surface area contributed by atoms with Crippen LogP contribution in [-0.2, 0) is 32.0 Å². The predicted molar refractivity (Wildman–Crippen MR) is 166 cm³/mol. The SMILES string of the molecule is Cc1nc(C(=O)N2CCOC3(CCN(Cc4cccc(CCOC(CC(=O)NCC=O)C5CCCCC5)c4)CC3)C2)cs1. The van der Waals surface area contributed by atoms with E-state index in [0.29, 0.717) is 50.6 Å². The fraction of sp³-hybridized carbons (Fsp3) is 0.636. The van der Waals surface area contributed by atoms with Gasteiger partial charge in [0.05, 0.1) is 49.4 Å². The minimum absolute atomic E-state index is 0.0153. The highest BCUT2D eigenvalue weighted by molar-refractivity contribution is 7.09. The summed E-state index contributed by atoms with van der Waals surface area (Å²) in [4.78, 5) is 44.8. The average Bonchev–Trinajstić information content (AvgIpc) is 3.47.